The minimum absolute atomic E-state index is 0.246. The van der Waals surface area contributed by atoms with E-state index in [1.807, 2.05) is 0 Å². The summed E-state index contributed by atoms with van der Waals surface area (Å²) in [7, 11) is 0. The van der Waals surface area contributed by atoms with Gasteiger partial charge in [0, 0.05) is 12.2 Å². The van der Waals surface area contributed by atoms with Crippen molar-refractivity contribution in [1.29, 1.82) is 0 Å². The SMILES string of the molecule is CCN(CC(=O)O)C(=O)c1cc(C)[nH]n1. The molecule has 0 atom stereocenters. The van der Waals surface area contributed by atoms with Crippen LogP contribution in [0.25, 0.3) is 0 Å². The lowest BCUT2D eigenvalue weighted by atomic mass is 10.3. The topological polar surface area (TPSA) is 86.3 Å². The number of aromatic amines is 1. The number of nitrogens with one attached hydrogen (secondary N) is 1. The Morgan fingerprint density at radius 2 is 2.27 bits per heavy atom. The largest absolute Gasteiger partial charge is 0.480 e. The van der Waals surface area contributed by atoms with Crippen molar-refractivity contribution in [2.24, 2.45) is 0 Å². The standard InChI is InChI=1S/C9H13N3O3/c1-3-12(5-8(13)14)9(15)7-4-6(2)10-11-7/h4H,3,5H2,1-2H3,(H,10,11)(H,13,14). The van der Waals surface area contributed by atoms with Gasteiger partial charge in [0.05, 0.1) is 0 Å². The Bertz CT molecular complexity index is 372. The highest BCUT2D eigenvalue weighted by molar-refractivity contribution is 5.94. The zero-order chi connectivity index (χ0) is 11.4. The molecule has 2 N–H and O–H groups in total. The van der Waals surface area contributed by atoms with Gasteiger partial charge in [-0.05, 0) is 19.9 Å². The van der Waals surface area contributed by atoms with E-state index >= 15 is 0 Å². The van der Waals surface area contributed by atoms with Gasteiger partial charge in [0.25, 0.3) is 5.91 Å². The number of carboxylic acids is 1. The smallest absolute Gasteiger partial charge is 0.323 e. The zero-order valence-electron chi connectivity index (χ0n) is 8.65. The molecule has 6 nitrogen and oxygen atoms in total. The summed E-state index contributed by atoms with van der Waals surface area (Å²) in [6, 6.07) is 1.59. The number of aliphatic carboxylic acids is 1. The summed E-state index contributed by atoms with van der Waals surface area (Å²) < 4.78 is 0. The first-order valence-corrected chi connectivity index (χ1v) is 4.57. The molecule has 0 aliphatic rings. The molecular weight excluding hydrogens is 198 g/mol. The van der Waals surface area contributed by atoms with Crippen LogP contribution in [0.2, 0.25) is 0 Å². The summed E-state index contributed by atoms with van der Waals surface area (Å²) in [4.78, 5) is 23.4. The second kappa shape index (κ2) is 4.59. The van der Waals surface area contributed by atoms with Gasteiger partial charge in [-0.15, -0.1) is 0 Å². The lowest BCUT2D eigenvalue weighted by Crippen LogP contribution is -2.35. The van der Waals surface area contributed by atoms with Gasteiger partial charge >= 0.3 is 5.97 Å². The number of nitrogens with zero attached hydrogens (tertiary/aromatic N) is 2. The Kier molecular flexibility index (Phi) is 3.43. The lowest BCUT2D eigenvalue weighted by Gasteiger charge is -2.16. The maximum Gasteiger partial charge on any atom is 0.323 e. The van der Waals surface area contributed by atoms with Crippen LogP contribution in [0.15, 0.2) is 6.07 Å². The lowest BCUT2D eigenvalue weighted by molar-refractivity contribution is -0.137. The first-order chi connectivity index (χ1) is 7.04. The third-order valence-electron chi connectivity index (χ3n) is 1.92. The highest BCUT2D eigenvalue weighted by Gasteiger charge is 2.18. The molecule has 0 radical (unpaired) electrons. The number of carbonyl (C=O) groups excluding carboxylic acids is 1. The third-order valence-corrected chi connectivity index (χ3v) is 1.92. The van der Waals surface area contributed by atoms with Gasteiger partial charge in [0.2, 0.25) is 0 Å². The molecular formula is C9H13N3O3. The van der Waals surface area contributed by atoms with Crippen LogP contribution in [-0.2, 0) is 4.79 Å². The fourth-order valence-electron chi connectivity index (χ4n) is 1.18. The van der Waals surface area contributed by atoms with Crippen LogP contribution in [0.5, 0.6) is 0 Å². The monoisotopic (exact) mass is 211 g/mol. The Labute approximate surface area is 86.9 Å². The number of hydrogen-bond donors (Lipinski definition) is 2. The second-order valence-corrected chi connectivity index (χ2v) is 3.15. The average Bonchev–Trinajstić information content (AvgIpc) is 2.60. The number of aryl methyl sites for hydroxylation is 1. The molecule has 0 aliphatic carbocycles. The number of carbonyl (C=O) groups is 2. The van der Waals surface area contributed by atoms with Gasteiger partial charge < -0.3 is 10.0 Å². The second-order valence-electron chi connectivity index (χ2n) is 3.15. The molecule has 1 rings (SSSR count). The summed E-state index contributed by atoms with van der Waals surface area (Å²) in [5.74, 6) is -1.40. The first-order valence-electron chi connectivity index (χ1n) is 4.57. The number of rotatable bonds is 4. The normalized spacial score (nSPS) is 10.0. The number of likely N-dealkylation sites (N-methyl/N-ethyl adjacent to an activating group) is 1. The van der Waals surface area contributed by atoms with E-state index < -0.39 is 5.97 Å². The van der Waals surface area contributed by atoms with E-state index in [0.29, 0.717) is 6.54 Å². The van der Waals surface area contributed by atoms with Gasteiger partial charge in [-0.1, -0.05) is 0 Å². The van der Waals surface area contributed by atoms with Crippen LogP contribution in [0.4, 0.5) is 0 Å². The molecule has 0 aromatic carbocycles. The van der Waals surface area contributed by atoms with Gasteiger partial charge in [0.1, 0.15) is 12.2 Å². The van der Waals surface area contributed by atoms with E-state index in [4.69, 9.17) is 5.11 Å². The van der Waals surface area contributed by atoms with E-state index in [1.54, 1.807) is 19.9 Å². The van der Waals surface area contributed by atoms with E-state index in [0.717, 1.165) is 5.69 Å². The predicted octanol–water partition coefficient (Wildman–Crippen LogP) is 0.265. The van der Waals surface area contributed by atoms with Crippen LogP contribution in [0, 0.1) is 6.92 Å². The number of hydrogen-bond acceptors (Lipinski definition) is 3. The average molecular weight is 211 g/mol. The Morgan fingerprint density at radius 1 is 1.60 bits per heavy atom. The molecule has 0 saturated carbocycles. The molecule has 1 aromatic rings. The van der Waals surface area contributed by atoms with Crippen LogP contribution >= 0.6 is 0 Å². The molecule has 1 amide bonds. The van der Waals surface area contributed by atoms with Crippen molar-refractivity contribution in [3.05, 3.63) is 17.5 Å². The Morgan fingerprint density at radius 3 is 2.67 bits per heavy atom. The molecule has 0 bridgehead atoms. The molecule has 15 heavy (non-hydrogen) atoms. The van der Waals surface area contributed by atoms with Crippen LogP contribution < -0.4 is 0 Å². The van der Waals surface area contributed by atoms with Gasteiger partial charge in [-0.25, -0.2) is 0 Å². The van der Waals surface area contributed by atoms with Crippen molar-refractivity contribution < 1.29 is 14.7 Å². The maximum atomic E-state index is 11.7. The molecule has 1 aromatic heterocycles. The third kappa shape index (κ3) is 2.80. The molecule has 6 heteroatoms. The highest BCUT2D eigenvalue weighted by atomic mass is 16.4. The fraction of sp³-hybridized carbons (Fsp3) is 0.444. The molecule has 0 aliphatic heterocycles. The number of aromatic nitrogens is 2. The van der Waals surface area contributed by atoms with E-state index in [1.165, 1.54) is 4.90 Å². The highest BCUT2D eigenvalue weighted by Crippen LogP contribution is 2.03. The van der Waals surface area contributed by atoms with E-state index in [9.17, 15) is 9.59 Å². The molecule has 0 unspecified atom stereocenters. The molecule has 0 spiro atoms. The molecule has 0 fully saturated rings. The van der Waals surface area contributed by atoms with E-state index in [2.05, 4.69) is 10.2 Å². The number of amides is 1. The molecule has 1 heterocycles. The van der Waals surface area contributed by atoms with Crippen molar-refractivity contribution in [3.63, 3.8) is 0 Å². The summed E-state index contributed by atoms with van der Waals surface area (Å²) >= 11 is 0. The predicted molar refractivity (Wildman–Crippen MR) is 52.5 cm³/mol. The van der Waals surface area contributed by atoms with Crippen LogP contribution in [0.1, 0.15) is 23.1 Å². The van der Waals surface area contributed by atoms with Crippen molar-refractivity contribution in [1.82, 2.24) is 15.1 Å². The van der Waals surface area contributed by atoms with Crippen molar-refractivity contribution in [3.8, 4) is 0 Å². The van der Waals surface area contributed by atoms with Crippen molar-refractivity contribution in [2.45, 2.75) is 13.8 Å². The van der Waals surface area contributed by atoms with Crippen molar-refractivity contribution >= 4 is 11.9 Å². The Balaban J connectivity index is 2.77. The number of H-pyrrole nitrogens is 1. The van der Waals surface area contributed by atoms with E-state index in [-0.39, 0.29) is 18.1 Å². The van der Waals surface area contributed by atoms with Crippen molar-refractivity contribution in [2.75, 3.05) is 13.1 Å². The molecule has 82 valence electrons. The van der Waals surface area contributed by atoms with Crippen LogP contribution in [-0.4, -0.2) is 45.2 Å². The number of carboxylic acid groups (broad SMARTS) is 1. The first kappa shape index (κ1) is 11.2. The summed E-state index contributed by atoms with van der Waals surface area (Å²) in [6.07, 6.45) is 0. The van der Waals surface area contributed by atoms with Gasteiger partial charge in [0.15, 0.2) is 0 Å². The minimum Gasteiger partial charge on any atom is -0.480 e. The summed E-state index contributed by atoms with van der Waals surface area (Å²) in [6.45, 7) is 3.54. The van der Waals surface area contributed by atoms with Gasteiger partial charge in [-0.2, -0.15) is 5.10 Å². The maximum absolute atomic E-state index is 11.7. The minimum atomic E-state index is -1.03. The fourth-order valence-corrected chi connectivity index (χ4v) is 1.18. The quantitative estimate of drug-likeness (QED) is 0.748. The summed E-state index contributed by atoms with van der Waals surface area (Å²) in [5, 5.41) is 15.0. The van der Waals surface area contributed by atoms with Gasteiger partial charge in [-0.3, -0.25) is 14.7 Å². The summed E-state index contributed by atoms with van der Waals surface area (Å²) in [5.41, 5.74) is 1.01. The molecule has 0 saturated heterocycles. The zero-order valence-corrected chi connectivity index (χ0v) is 8.65. The van der Waals surface area contributed by atoms with Crippen LogP contribution in [0.3, 0.4) is 0 Å². The Hall–Kier alpha value is -1.85.